The van der Waals surface area contributed by atoms with Crippen LogP contribution in [0.3, 0.4) is 0 Å². The number of nitrogens with zero attached hydrogens (tertiary/aromatic N) is 1. The van der Waals surface area contributed by atoms with Gasteiger partial charge in [0.15, 0.2) is 5.78 Å². The fourth-order valence-corrected chi connectivity index (χ4v) is 1.70. The molecule has 0 saturated carbocycles. The first kappa shape index (κ1) is 14.1. The van der Waals surface area contributed by atoms with Crippen LogP contribution in [0.15, 0.2) is 29.2 Å². The Hall–Kier alpha value is -1.97. The lowest BCUT2D eigenvalue weighted by atomic mass is 10.1. The number of fused-ring (bicyclic) bond motifs is 1. The van der Waals surface area contributed by atoms with E-state index in [9.17, 15) is 14.0 Å². The smallest absolute Gasteiger partial charge is 0.258 e. The molecule has 18 heavy (non-hydrogen) atoms. The summed E-state index contributed by atoms with van der Waals surface area (Å²) >= 11 is 0. The summed E-state index contributed by atoms with van der Waals surface area (Å²) in [6.07, 6.45) is 1.12. The van der Waals surface area contributed by atoms with Crippen LogP contribution in [0.5, 0.6) is 0 Å². The number of hydrogen-bond donors (Lipinski definition) is 0. The number of ketones is 1. The molecule has 0 fully saturated rings. The molecule has 0 amide bonds. The molecule has 0 bridgehead atoms. The third kappa shape index (κ3) is 2.47. The fourth-order valence-electron chi connectivity index (χ4n) is 1.70. The van der Waals surface area contributed by atoms with Crippen LogP contribution in [0.25, 0.3) is 5.52 Å². The van der Waals surface area contributed by atoms with Crippen molar-refractivity contribution in [2.24, 2.45) is 0 Å². The van der Waals surface area contributed by atoms with Gasteiger partial charge in [0.2, 0.25) is 0 Å². The van der Waals surface area contributed by atoms with Gasteiger partial charge in [0.05, 0.1) is 0 Å². The molecule has 0 unspecified atom stereocenters. The molecule has 2 heterocycles. The maximum atomic E-state index is 13.0. The zero-order chi connectivity index (χ0) is 13.9. The molecule has 0 aliphatic heterocycles. The Morgan fingerprint density at radius 3 is 2.44 bits per heavy atom. The molecule has 0 spiro atoms. The van der Waals surface area contributed by atoms with Gasteiger partial charge >= 0.3 is 0 Å². The van der Waals surface area contributed by atoms with Crippen LogP contribution in [0.4, 0.5) is 4.39 Å². The average Bonchev–Trinajstić information content (AvgIpc) is 2.36. The monoisotopic (exact) mass is 249 g/mol. The molecule has 0 aromatic carbocycles. The van der Waals surface area contributed by atoms with E-state index in [0.717, 1.165) is 6.20 Å². The van der Waals surface area contributed by atoms with E-state index in [2.05, 4.69) is 0 Å². The first-order valence-corrected chi connectivity index (χ1v) is 5.83. The van der Waals surface area contributed by atoms with Gasteiger partial charge in [-0.05, 0) is 32.0 Å². The Morgan fingerprint density at radius 1 is 1.28 bits per heavy atom. The summed E-state index contributed by atoms with van der Waals surface area (Å²) in [6.45, 7) is 6.97. The molecule has 0 atom stereocenters. The van der Waals surface area contributed by atoms with E-state index in [0.29, 0.717) is 16.6 Å². The van der Waals surface area contributed by atoms with Gasteiger partial charge in [0.25, 0.3) is 5.56 Å². The molecule has 0 aliphatic rings. The van der Waals surface area contributed by atoms with Crippen LogP contribution in [0, 0.1) is 12.7 Å². The predicted octanol–water partition coefficient (Wildman–Crippen LogP) is 2.98. The van der Waals surface area contributed by atoms with Crippen molar-refractivity contribution < 1.29 is 9.18 Å². The van der Waals surface area contributed by atoms with Crippen molar-refractivity contribution in [3.8, 4) is 0 Å². The van der Waals surface area contributed by atoms with E-state index in [1.54, 1.807) is 13.0 Å². The lowest BCUT2D eigenvalue weighted by Gasteiger charge is -2.06. The second-order valence-corrected chi connectivity index (χ2v) is 3.69. The molecule has 0 radical (unpaired) electrons. The quantitative estimate of drug-likeness (QED) is 0.729. The summed E-state index contributed by atoms with van der Waals surface area (Å²) < 4.78 is 14.2. The van der Waals surface area contributed by atoms with Crippen LogP contribution in [-0.4, -0.2) is 10.2 Å². The van der Waals surface area contributed by atoms with E-state index < -0.39 is 5.82 Å². The molecule has 2 aromatic heterocycles. The third-order valence-electron chi connectivity index (χ3n) is 2.56. The standard InChI is InChI=1S/C12H10FNO2.C2H6/c1-7-11(8(2)15)5-10-4-3-9(13)6-14(10)12(7)16;1-2/h3-6H,1-2H3;1-2H3. The second kappa shape index (κ2) is 5.58. The first-order chi connectivity index (χ1) is 8.50. The number of pyridine rings is 2. The minimum atomic E-state index is -0.482. The highest BCUT2D eigenvalue weighted by molar-refractivity contribution is 5.96. The highest BCUT2D eigenvalue weighted by atomic mass is 19.1. The Kier molecular flexibility index (Phi) is 4.37. The van der Waals surface area contributed by atoms with Crippen molar-refractivity contribution in [2.45, 2.75) is 27.7 Å². The number of hydrogen-bond acceptors (Lipinski definition) is 2. The van der Waals surface area contributed by atoms with Crippen molar-refractivity contribution in [3.05, 3.63) is 51.7 Å². The van der Waals surface area contributed by atoms with Gasteiger partial charge in [-0.2, -0.15) is 0 Å². The molecular weight excluding hydrogens is 233 g/mol. The predicted molar refractivity (Wildman–Crippen MR) is 69.7 cm³/mol. The van der Waals surface area contributed by atoms with E-state index in [1.165, 1.54) is 23.5 Å². The molecule has 0 N–H and O–H groups in total. The summed E-state index contributed by atoms with van der Waals surface area (Å²) in [7, 11) is 0. The molecule has 0 saturated heterocycles. The summed E-state index contributed by atoms with van der Waals surface area (Å²) in [5, 5.41) is 0. The Morgan fingerprint density at radius 2 is 1.89 bits per heavy atom. The molecule has 2 aromatic rings. The van der Waals surface area contributed by atoms with Gasteiger partial charge in [-0.1, -0.05) is 13.8 Å². The van der Waals surface area contributed by atoms with E-state index >= 15 is 0 Å². The van der Waals surface area contributed by atoms with Crippen molar-refractivity contribution in [1.82, 2.24) is 4.40 Å². The molecule has 96 valence electrons. The van der Waals surface area contributed by atoms with Crippen LogP contribution < -0.4 is 5.56 Å². The largest absolute Gasteiger partial charge is 0.294 e. The molecule has 2 rings (SSSR count). The fraction of sp³-hybridized carbons (Fsp3) is 0.286. The van der Waals surface area contributed by atoms with Gasteiger partial charge in [0.1, 0.15) is 5.82 Å². The van der Waals surface area contributed by atoms with Crippen molar-refractivity contribution >= 4 is 11.3 Å². The topological polar surface area (TPSA) is 38.5 Å². The number of aromatic nitrogens is 1. The van der Waals surface area contributed by atoms with Gasteiger partial charge in [0, 0.05) is 22.8 Å². The van der Waals surface area contributed by atoms with Crippen LogP contribution in [0.2, 0.25) is 0 Å². The van der Waals surface area contributed by atoms with Crippen molar-refractivity contribution in [3.63, 3.8) is 0 Å². The Balaban J connectivity index is 0.000000771. The lowest BCUT2D eigenvalue weighted by molar-refractivity contribution is 0.101. The van der Waals surface area contributed by atoms with E-state index in [4.69, 9.17) is 0 Å². The Labute approximate surface area is 105 Å². The average molecular weight is 249 g/mol. The molecule has 3 nitrogen and oxygen atoms in total. The third-order valence-corrected chi connectivity index (χ3v) is 2.56. The molecule has 4 heteroatoms. The number of rotatable bonds is 1. The van der Waals surface area contributed by atoms with Gasteiger partial charge < -0.3 is 0 Å². The highest BCUT2D eigenvalue weighted by Crippen LogP contribution is 2.10. The van der Waals surface area contributed by atoms with Crippen LogP contribution in [0.1, 0.15) is 36.7 Å². The van der Waals surface area contributed by atoms with Crippen molar-refractivity contribution in [2.75, 3.05) is 0 Å². The Bertz CT molecular complexity index is 644. The van der Waals surface area contributed by atoms with Crippen molar-refractivity contribution in [1.29, 1.82) is 0 Å². The minimum absolute atomic E-state index is 0.165. The molecule has 0 aliphatic carbocycles. The van der Waals surface area contributed by atoms with Gasteiger partial charge in [-0.25, -0.2) is 4.39 Å². The summed E-state index contributed by atoms with van der Waals surface area (Å²) in [5.74, 6) is -0.647. The SMILES string of the molecule is CC.CC(=O)c1cc2ccc(F)cn2c(=O)c1C. The number of carbonyl (C=O) groups is 1. The van der Waals surface area contributed by atoms with Crippen LogP contribution >= 0.6 is 0 Å². The van der Waals surface area contributed by atoms with Gasteiger partial charge in [-0.15, -0.1) is 0 Å². The van der Waals surface area contributed by atoms with E-state index in [-0.39, 0.29) is 11.3 Å². The zero-order valence-electron chi connectivity index (χ0n) is 11.0. The number of Topliss-reactive ketones (excluding diaryl/α,β-unsaturated/α-hetero) is 1. The second-order valence-electron chi connectivity index (χ2n) is 3.69. The summed E-state index contributed by atoms with van der Waals surface area (Å²) in [5.41, 5.74) is 0.886. The normalized spacial score (nSPS) is 9.83. The molecular formula is C14H16FNO2. The summed E-state index contributed by atoms with van der Waals surface area (Å²) in [6, 6.07) is 4.33. The maximum absolute atomic E-state index is 13.0. The number of carbonyl (C=O) groups excluding carboxylic acids is 1. The van der Waals surface area contributed by atoms with E-state index in [1.807, 2.05) is 13.8 Å². The number of halogens is 1. The van der Waals surface area contributed by atoms with Gasteiger partial charge in [-0.3, -0.25) is 14.0 Å². The lowest BCUT2D eigenvalue weighted by Crippen LogP contribution is -2.19. The minimum Gasteiger partial charge on any atom is -0.294 e. The maximum Gasteiger partial charge on any atom is 0.258 e. The first-order valence-electron chi connectivity index (χ1n) is 5.83. The van der Waals surface area contributed by atoms with Crippen LogP contribution in [-0.2, 0) is 0 Å². The highest BCUT2D eigenvalue weighted by Gasteiger charge is 2.10. The summed E-state index contributed by atoms with van der Waals surface area (Å²) in [4.78, 5) is 23.2. The zero-order valence-corrected chi connectivity index (χ0v) is 11.0.